The Morgan fingerprint density at radius 1 is 1.35 bits per heavy atom. The van der Waals surface area contributed by atoms with Crippen LogP contribution in [-0.4, -0.2) is 36.0 Å². The largest absolute Gasteiger partial charge is 0.465 e. The van der Waals surface area contributed by atoms with Crippen LogP contribution >= 0.6 is 0 Å². The lowest BCUT2D eigenvalue weighted by Crippen LogP contribution is -2.15. The molecule has 1 heterocycles. The predicted molar refractivity (Wildman–Crippen MR) is 73.9 cm³/mol. The molecular formula is C14H16N2O4. The molecule has 0 N–H and O–H groups in total. The van der Waals surface area contributed by atoms with E-state index < -0.39 is 10.9 Å². The zero-order valence-electron chi connectivity index (χ0n) is 11.2. The Hall–Kier alpha value is -2.37. The van der Waals surface area contributed by atoms with Gasteiger partial charge in [-0.05, 0) is 18.9 Å². The van der Waals surface area contributed by atoms with Gasteiger partial charge in [0.2, 0.25) is 0 Å². The summed E-state index contributed by atoms with van der Waals surface area (Å²) in [6.45, 7) is 1.70. The van der Waals surface area contributed by atoms with Gasteiger partial charge < -0.3 is 9.64 Å². The molecule has 0 aromatic heterocycles. The molecule has 0 saturated carbocycles. The van der Waals surface area contributed by atoms with Crippen molar-refractivity contribution in [3.8, 4) is 0 Å². The Morgan fingerprint density at radius 3 is 2.60 bits per heavy atom. The first-order valence-electron chi connectivity index (χ1n) is 6.41. The van der Waals surface area contributed by atoms with Crippen LogP contribution in [-0.2, 0) is 9.53 Å². The molecule has 0 unspecified atom stereocenters. The van der Waals surface area contributed by atoms with Crippen molar-refractivity contribution in [2.45, 2.75) is 12.8 Å². The number of benzene rings is 1. The van der Waals surface area contributed by atoms with E-state index in [1.807, 2.05) is 4.90 Å². The fraction of sp³-hybridized carbons (Fsp3) is 0.357. The van der Waals surface area contributed by atoms with E-state index in [0.29, 0.717) is 0 Å². The molecule has 1 saturated heterocycles. The number of likely N-dealkylation sites (tertiary alicyclic amines) is 1. The average Bonchev–Trinajstić information content (AvgIpc) is 2.97. The topological polar surface area (TPSA) is 72.7 Å². The first-order chi connectivity index (χ1) is 9.63. The van der Waals surface area contributed by atoms with Crippen molar-refractivity contribution in [3.63, 3.8) is 0 Å². The van der Waals surface area contributed by atoms with E-state index in [-0.39, 0.29) is 16.8 Å². The monoisotopic (exact) mass is 276 g/mol. The Morgan fingerprint density at radius 2 is 2.00 bits per heavy atom. The van der Waals surface area contributed by atoms with Crippen molar-refractivity contribution >= 4 is 17.2 Å². The number of nitro benzene ring substituents is 1. The van der Waals surface area contributed by atoms with Gasteiger partial charge in [0, 0.05) is 25.4 Å². The fourth-order valence-corrected chi connectivity index (χ4v) is 2.26. The van der Waals surface area contributed by atoms with Gasteiger partial charge >= 0.3 is 5.97 Å². The highest BCUT2D eigenvalue weighted by Gasteiger charge is 2.23. The maximum atomic E-state index is 11.9. The zero-order chi connectivity index (χ0) is 14.5. The summed E-state index contributed by atoms with van der Waals surface area (Å²) < 4.78 is 4.76. The molecule has 1 fully saturated rings. The number of ether oxygens (including phenoxy) is 1. The predicted octanol–water partition coefficient (Wildman–Crippen LogP) is 2.20. The highest BCUT2D eigenvalue weighted by atomic mass is 16.6. The average molecular weight is 276 g/mol. The van der Waals surface area contributed by atoms with Crippen molar-refractivity contribution in [1.29, 1.82) is 0 Å². The van der Waals surface area contributed by atoms with Crippen LogP contribution < -0.4 is 0 Å². The van der Waals surface area contributed by atoms with Gasteiger partial charge in [0.25, 0.3) is 5.69 Å². The van der Waals surface area contributed by atoms with Crippen LogP contribution in [0, 0.1) is 10.1 Å². The summed E-state index contributed by atoms with van der Waals surface area (Å²) in [7, 11) is 1.27. The van der Waals surface area contributed by atoms with Crippen LogP contribution in [0.25, 0.3) is 5.57 Å². The van der Waals surface area contributed by atoms with Crippen molar-refractivity contribution < 1.29 is 14.5 Å². The molecule has 1 aromatic rings. The summed E-state index contributed by atoms with van der Waals surface area (Å²) in [6, 6.07) is 6.20. The molecule has 1 aromatic carbocycles. The van der Waals surface area contributed by atoms with E-state index in [9.17, 15) is 14.9 Å². The third-order valence-electron chi connectivity index (χ3n) is 3.25. The number of esters is 1. The SMILES string of the molecule is COC(=O)/C(=C/N1CCCC1)c1ccccc1[N+](=O)[O-]. The second-order valence-corrected chi connectivity index (χ2v) is 4.55. The van der Waals surface area contributed by atoms with Gasteiger partial charge in [-0.3, -0.25) is 10.1 Å². The van der Waals surface area contributed by atoms with Crippen LogP contribution in [0.5, 0.6) is 0 Å². The number of hydrogen-bond acceptors (Lipinski definition) is 5. The van der Waals surface area contributed by atoms with E-state index >= 15 is 0 Å². The number of para-hydroxylation sites is 1. The molecule has 1 aliphatic rings. The van der Waals surface area contributed by atoms with Gasteiger partial charge in [0.05, 0.1) is 23.2 Å². The minimum absolute atomic E-state index is 0.0941. The molecule has 20 heavy (non-hydrogen) atoms. The maximum Gasteiger partial charge on any atom is 0.340 e. The zero-order valence-corrected chi connectivity index (χ0v) is 11.2. The Kier molecular flexibility index (Phi) is 4.34. The van der Waals surface area contributed by atoms with Crippen molar-refractivity contribution in [1.82, 2.24) is 4.90 Å². The Bertz CT molecular complexity index is 548. The summed E-state index contributed by atoms with van der Waals surface area (Å²) in [5, 5.41) is 11.1. The van der Waals surface area contributed by atoms with Gasteiger partial charge in [-0.2, -0.15) is 0 Å². The smallest absolute Gasteiger partial charge is 0.340 e. The normalized spacial score (nSPS) is 15.2. The van der Waals surface area contributed by atoms with Crippen molar-refractivity contribution in [2.24, 2.45) is 0 Å². The number of carbonyl (C=O) groups excluding carboxylic acids is 1. The molecule has 0 radical (unpaired) electrons. The number of hydrogen-bond donors (Lipinski definition) is 0. The van der Waals surface area contributed by atoms with Crippen LogP contribution in [0.2, 0.25) is 0 Å². The number of methoxy groups -OCH3 is 1. The standard InChI is InChI=1S/C14H16N2O4/c1-20-14(17)12(10-15-8-4-5-9-15)11-6-2-3-7-13(11)16(18)19/h2-3,6-7,10H,4-5,8-9H2,1H3/b12-10+. The van der Waals surface area contributed by atoms with E-state index in [2.05, 4.69) is 0 Å². The molecule has 6 nitrogen and oxygen atoms in total. The summed E-state index contributed by atoms with van der Waals surface area (Å²) in [4.78, 5) is 24.5. The molecule has 0 atom stereocenters. The summed E-state index contributed by atoms with van der Waals surface area (Å²) in [5.41, 5.74) is 0.418. The van der Waals surface area contributed by atoms with E-state index in [4.69, 9.17) is 4.74 Å². The lowest BCUT2D eigenvalue weighted by Gasteiger charge is -2.14. The first kappa shape index (κ1) is 14.0. The highest BCUT2D eigenvalue weighted by molar-refractivity contribution is 6.17. The van der Waals surface area contributed by atoms with E-state index in [1.165, 1.54) is 13.2 Å². The minimum atomic E-state index is -0.564. The summed E-state index contributed by atoms with van der Waals surface area (Å²) >= 11 is 0. The third kappa shape index (κ3) is 2.96. The molecular weight excluding hydrogens is 260 g/mol. The quantitative estimate of drug-likeness (QED) is 0.365. The highest BCUT2D eigenvalue weighted by Crippen LogP contribution is 2.27. The Labute approximate surface area is 116 Å². The molecule has 0 aliphatic carbocycles. The van der Waals surface area contributed by atoms with Crippen LogP contribution in [0.3, 0.4) is 0 Å². The minimum Gasteiger partial charge on any atom is -0.465 e. The summed E-state index contributed by atoms with van der Waals surface area (Å²) in [6.07, 6.45) is 3.78. The molecule has 6 heteroatoms. The van der Waals surface area contributed by atoms with E-state index in [1.54, 1.807) is 24.4 Å². The van der Waals surface area contributed by atoms with Gasteiger partial charge in [-0.25, -0.2) is 4.79 Å². The van der Waals surface area contributed by atoms with Gasteiger partial charge in [0.1, 0.15) is 0 Å². The lowest BCUT2D eigenvalue weighted by atomic mass is 10.0. The van der Waals surface area contributed by atoms with Crippen molar-refractivity contribution in [3.05, 3.63) is 46.1 Å². The molecule has 2 rings (SSSR count). The fourth-order valence-electron chi connectivity index (χ4n) is 2.26. The van der Waals surface area contributed by atoms with Crippen LogP contribution in [0.15, 0.2) is 30.5 Å². The second-order valence-electron chi connectivity index (χ2n) is 4.55. The molecule has 1 aliphatic heterocycles. The summed E-state index contributed by atoms with van der Waals surface area (Å²) in [5.74, 6) is -0.564. The number of carbonyl (C=O) groups is 1. The van der Waals surface area contributed by atoms with Crippen LogP contribution in [0.4, 0.5) is 5.69 Å². The number of nitrogens with zero attached hydrogens (tertiary/aromatic N) is 2. The molecule has 0 spiro atoms. The van der Waals surface area contributed by atoms with Gasteiger partial charge in [-0.15, -0.1) is 0 Å². The van der Waals surface area contributed by atoms with Crippen LogP contribution in [0.1, 0.15) is 18.4 Å². The molecule has 0 amide bonds. The molecule has 0 bridgehead atoms. The lowest BCUT2D eigenvalue weighted by molar-refractivity contribution is -0.385. The first-order valence-corrected chi connectivity index (χ1v) is 6.41. The van der Waals surface area contributed by atoms with E-state index in [0.717, 1.165) is 25.9 Å². The molecule has 106 valence electrons. The number of nitro groups is 1. The number of rotatable bonds is 4. The van der Waals surface area contributed by atoms with Gasteiger partial charge in [-0.1, -0.05) is 12.1 Å². The Balaban J connectivity index is 2.46. The second kappa shape index (κ2) is 6.18. The maximum absolute atomic E-state index is 11.9. The van der Waals surface area contributed by atoms with Crippen molar-refractivity contribution in [2.75, 3.05) is 20.2 Å². The van der Waals surface area contributed by atoms with Gasteiger partial charge in [0.15, 0.2) is 0 Å². The third-order valence-corrected chi connectivity index (χ3v) is 3.25.